The van der Waals surface area contributed by atoms with Crippen molar-refractivity contribution in [2.45, 2.75) is 12.8 Å². The van der Waals surface area contributed by atoms with Crippen molar-refractivity contribution in [3.05, 3.63) is 52.4 Å². The van der Waals surface area contributed by atoms with Gasteiger partial charge in [-0.15, -0.1) is 0 Å². The van der Waals surface area contributed by atoms with E-state index in [4.69, 9.17) is 17.3 Å². The standard InChI is InChI=1S/C21H22ClN7O3S/c1-33(31,32)9-3-7-26-21(30)14-10-13-4-2-5-16(22)18(13)29-17(14)6-8-25-20-15(11-23)19(24)27-12-28-20/h2,4-5,10,12H,3,6-9H2,1H3,(H,26,30)(H3,24,25,27,28). The third-order valence-electron chi connectivity index (χ3n) is 4.74. The highest BCUT2D eigenvalue weighted by Crippen LogP contribution is 2.24. The summed E-state index contributed by atoms with van der Waals surface area (Å²) >= 11 is 6.29. The molecule has 3 aromatic rings. The van der Waals surface area contributed by atoms with Crippen molar-refractivity contribution in [3.63, 3.8) is 0 Å². The zero-order valence-electron chi connectivity index (χ0n) is 17.8. The van der Waals surface area contributed by atoms with Crippen molar-refractivity contribution in [2.24, 2.45) is 0 Å². The maximum Gasteiger partial charge on any atom is 0.253 e. The Balaban J connectivity index is 1.81. The van der Waals surface area contributed by atoms with Gasteiger partial charge >= 0.3 is 0 Å². The van der Waals surface area contributed by atoms with Crippen LogP contribution in [-0.4, -0.2) is 54.4 Å². The molecule has 2 aromatic heterocycles. The van der Waals surface area contributed by atoms with Crippen LogP contribution in [0.25, 0.3) is 10.9 Å². The van der Waals surface area contributed by atoms with E-state index in [0.717, 1.165) is 6.26 Å². The van der Waals surface area contributed by atoms with Gasteiger partial charge in [-0.05, 0) is 18.6 Å². The zero-order valence-corrected chi connectivity index (χ0v) is 19.4. The highest BCUT2D eigenvalue weighted by Gasteiger charge is 2.16. The van der Waals surface area contributed by atoms with Gasteiger partial charge in [0.05, 0.1) is 27.5 Å². The van der Waals surface area contributed by atoms with E-state index in [9.17, 15) is 18.5 Å². The van der Waals surface area contributed by atoms with Gasteiger partial charge in [0.25, 0.3) is 5.91 Å². The van der Waals surface area contributed by atoms with Crippen LogP contribution in [0.1, 0.15) is 28.0 Å². The molecule has 1 amide bonds. The lowest BCUT2D eigenvalue weighted by atomic mass is 10.1. The van der Waals surface area contributed by atoms with E-state index in [-0.39, 0.29) is 35.4 Å². The number of anilines is 2. The second kappa shape index (κ2) is 10.4. The number of carbonyl (C=O) groups excluding carboxylic acids is 1. The molecule has 3 rings (SSSR count). The number of aromatic nitrogens is 3. The fourth-order valence-electron chi connectivity index (χ4n) is 3.16. The second-order valence-corrected chi connectivity index (χ2v) is 9.97. The molecule has 0 aliphatic carbocycles. The molecule has 1 aromatic carbocycles. The summed E-state index contributed by atoms with van der Waals surface area (Å²) in [5.41, 5.74) is 7.25. The van der Waals surface area contributed by atoms with Gasteiger partial charge in [0, 0.05) is 31.2 Å². The van der Waals surface area contributed by atoms with Crippen molar-refractivity contribution >= 4 is 49.9 Å². The fraction of sp³-hybridized carbons (Fsp3) is 0.286. The Hall–Kier alpha value is -3.49. The van der Waals surface area contributed by atoms with E-state index in [1.807, 2.05) is 6.07 Å². The largest absolute Gasteiger partial charge is 0.382 e. The molecule has 0 saturated heterocycles. The predicted octanol–water partition coefficient (Wildman–Crippen LogP) is 1.95. The van der Waals surface area contributed by atoms with Gasteiger partial charge in [-0.1, -0.05) is 23.7 Å². The van der Waals surface area contributed by atoms with Gasteiger partial charge in [-0.3, -0.25) is 9.78 Å². The number of halogens is 1. The molecule has 12 heteroatoms. The first-order valence-corrected chi connectivity index (χ1v) is 12.4. The van der Waals surface area contributed by atoms with Crippen molar-refractivity contribution in [1.82, 2.24) is 20.3 Å². The van der Waals surface area contributed by atoms with Crippen LogP contribution in [0.2, 0.25) is 5.02 Å². The minimum absolute atomic E-state index is 0.0150. The number of benzene rings is 1. The number of nitriles is 1. The van der Waals surface area contributed by atoms with Crippen LogP contribution in [0.3, 0.4) is 0 Å². The SMILES string of the molecule is CS(=O)(=O)CCCNC(=O)c1cc2cccc(Cl)c2nc1CCNc1ncnc(N)c1C#N. The summed E-state index contributed by atoms with van der Waals surface area (Å²) in [6.45, 7) is 0.519. The van der Waals surface area contributed by atoms with Crippen molar-refractivity contribution in [3.8, 4) is 6.07 Å². The molecule has 0 spiro atoms. The van der Waals surface area contributed by atoms with Crippen LogP contribution >= 0.6 is 11.6 Å². The first-order chi connectivity index (χ1) is 15.7. The molecule has 0 radical (unpaired) electrons. The normalized spacial score (nSPS) is 11.2. The van der Waals surface area contributed by atoms with Crippen LogP contribution < -0.4 is 16.4 Å². The number of hydrogen-bond acceptors (Lipinski definition) is 9. The molecule has 0 bridgehead atoms. The maximum atomic E-state index is 12.9. The third kappa shape index (κ3) is 6.27. The molecule has 10 nitrogen and oxygen atoms in total. The van der Waals surface area contributed by atoms with Crippen LogP contribution in [0.4, 0.5) is 11.6 Å². The molecule has 0 aliphatic heterocycles. The van der Waals surface area contributed by atoms with Crippen LogP contribution in [-0.2, 0) is 16.3 Å². The number of pyridine rings is 1. The fourth-order valence-corrected chi connectivity index (χ4v) is 4.05. The van der Waals surface area contributed by atoms with Crippen molar-refractivity contribution in [1.29, 1.82) is 5.26 Å². The van der Waals surface area contributed by atoms with E-state index in [1.54, 1.807) is 24.3 Å². The maximum absolute atomic E-state index is 12.9. The molecule has 0 atom stereocenters. The molecule has 0 saturated carbocycles. The van der Waals surface area contributed by atoms with Gasteiger partial charge in [-0.2, -0.15) is 5.26 Å². The zero-order chi connectivity index (χ0) is 24.0. The number of nitrogen functional groups attached to an aromatic ring is 1. The Kier molecular flexibility index (Phi) is 7.63. The minimum atomic E-state index is -3.10. The Morgan fingerprint density at radius 1 is 1.27 bits per heavy atom. The Morgan fingerprint density at radius 2 is 2.06 bits per heavy atom. The molecule has 0 fully saturated rings. The lowest BCUT2D eigenvalue weighted by Crippen LogP contribution is -2.27. The summed E-state index contributed by atoms with van der Waals surface area (Å²) in [5, 5.41) is 16.2. The first-order valence-electron chi connectivity index (χ1n) is 9.98. The highest BCUT2D eigenvalue weighted by molar-refractivity contribution is 7.90. The van der Waals surface area contributed by atoms with Gasteiger partial charge in [0.2, 0.25) is 0 Å². The summed E-state index contributed by atoms with van der Waals surface area (Å²) in [7, 11) is -3.10. The highest BCUT2D eigenvalue weighted by atomic mass is 35.5. The molecular weight excluding hydrogens is 466 g/mol. The average molecular weight is 488 g/mol. The second-order valence-electron chi connectivity index (χ2n) is 7.30. The topological polar surface area (TPSA) is 164 Å². The average Bonchev–Trinajstić information content (AvgIpc) is 2.76. The predicted molar refractivity (Wildman–Crippen MR) is 127 cm³/mol. The smallest absolute Gasteiger partial charge is 0.253 e. The Bertz CT molecular complexity index is 1340. The van der Waals surface area contributed by atoms with Crippen molar-refractivity contribution in [2.75, 3.05) is 36.1 Å². The summed E-state index contributed by atoms with van der Waals surface area (Å²) < 4.78 is 22.6. The number of nitrogens with two attached hydrogens (primary N) is 1. The molecular formula is C21H22ClN7O3S. The Labute approximate surface area is 196 Å². The van der Waals surface area contributed by atoms with E-state index in [0.29, 0.717) is 46.6 Å². The quantitative estimate of drug-likeness (QED) is 0.382. The van der Waals surface area contributed by atoms with Gasteiger partial charge in [0.1, 0.15) is 39.4 Å². The lowest BCUT2D eigenvalue weighted by molar-refractivity contribution is 0.0952. The number of hydrogen-bond donors (Lipinski definition) is 3. The number of rotatable bonds is 9. The summed E-state index contributed by atoms with van der Waals surface area (Å²) in [4.78, 5) is 25.3. The monoisotopic (exact) mass is 487 g/mol. The van der Waals surface area contributed by atoms with Crippen LogP contribution in [0.15, 0.2) is 30.6 Å². The van der Waals surface area contributed by atoms with E-state index < -0.39 is 9.84 Å². The van der Waals surface area contributed by atoms with Crippen molar-refractivity contribution < 1.29 is 13.2 Å². The van der Waals surface area contributed by atoms with Gasteiger partial charge < -0.3 is 16.4 Å². The van der Waals surface area contributed by atoms with Gasteiger partial charge in [-0.25, -0.2) is 18.4 Å². The molecule has 0 aliphatic rings. The molecule has 172 valence electrons. The summed E-state index contributed by atoms with van der Waals surface area (Å²) in [6.07, 6.45) is 3.03. The number of para-hydroxylation sites is 1. The number of amides is 1. The lowest BCUT2D eigenvalue weighted by Gasteiger charge is -2.13. The summed E-state index contributed by atoms with van der Waals surface area (Å²) in [6, 6.07) is 8.96. The number of nitrogens with one attached hydrogen (secondary N) is 2. The minimum Gasteiger partial charge on any atom is -0.382 e. The molecule has 4 N–H and O–H groups in total. The summed E-state index contributed by atoms with van der Waals surface area (Å²) in [5.74, 6) is -0.0221. The number of carbonyl (C=O) groups is 1. The molecule has 33 heavy (non-hydrogen) atoms. The first kappa shape index (κ1) is 24.2. The third-order valence-corrected chi connectivity index (χ3v) is 6.08. The Morgan fingerprint density at radius 3 is 2.79 bits per heavy atom. The molecule has 2 heterocycles. The molecule has 0 unspecified atom stereocenters. The van der Waals surface area contributed by atoms with Gasteiger partial charge in [0.15, 0.2) is 0 Å². The number of fused-ring (bicyclic) bond motifs is 1. The number of nitrogens with zero attached hydrogens (tertiary/aromatic N) is 4. The number of sulfone groups is 1. The van der Waals surface area contributed by atoms with Crippen LogP contribution in [0.5, 0.6) is 0 Å². The van der Waals surface area contributed by atoms with Crippen LogP contribution in [0, 0.1) is 11.3 Å². The van der Waals surface area contributed by atoms with E-state index in [1.165, 1.54) is 6.33 Å². The van der Waals surface area contributed by atoms with E-state index in [2.05, 4.69) is 25.6 Å². The van der Waals surface area contributed by atoms with E-state index >= 15 is 0 Å².